The molecule has 0 amide bonds. The summed E-state index contributed by atoms with van der Waals surface area (Å²) in [6.45, 7) is 1.29. The largest absolute Gasteiger partial charge is 0.493 e. The standard InChI is InChI=1S/C27H22N2O10/c1-18(30)38-22-10-5-19(6-11-22)8-14-27(31)37-15-3-4-20-7-12-25(26(16-20)36-2)39-24-13-9-21(28(32)33)17-23(24)29(34)35/h3-14,16-17H,15H2,1-2H3/b4-3+,14-8+. The molecule has 0 radical (unpaired) electrons. The lowest BCUT2D eigenvalue weighted by atomic mass is 10.2. The summed E-state index contributed by atoms with van der Waals surface area (Å²) < 4.78 is 21.0. The van der Waals surface area contributed by atoms with Crippen molar-refractivity contribution < 1.29 is 38.4 Å². The van der Waals surface area contributed by atoms with E-state index < -0.39 is 33.2 Å². The molecule has 0 aliphatic rings. The first-order valence-corrected chi connectivity index (χ1v) is 11.2. The minimum absolute atomic E-state index is 0.00980. The number of carbonyl (C=O) groups is 2. The molecule has 0 heterocycles. The number of rotatable bonds is 11. The maximum Gasteiger partial charge on any atom is 0.331 e. The van der Waals surface area contributed by atoms with Crippen LogP contribution in [0.2, 0.25) is 0 Å². The van der Waals surface area contributed by atoms with Gasteiger partial charge in [-0.25, -0.2) is 4.79 Å². The predicted molar refractivity (Wildman–Crippen MR) is 140 cm³/mol. The van der Waals surface area contributed by atoms with Crippen LogP contribution in [0.3, 0.4) is 0 Å². The monoisotopic (exact) mass is 534 g/mol. The minimum Gasteiger partial charge on any atom is -0.493 e. The highest BCUT2D eigenvalue weighted by atomic mass is 16.6. The first-order valence-electron chi connectivity index (χ1n) is 11.2. The van der Waals surface area contributed by atoms with Crippen molar-refractivity contribution in [3.8, 4) is 23.0 Å². The molecule has 0 saturated heterocycles. The summed E-state index contributed by atoms with van der Waals surface area (Å²) in [6.07, 6.45) is 6.10. The Kier molecular flexibility index (Phi) is 9.46. The smallest absolute Gasteiger partial charge is 0.331 e. The lowest BCUT2D eigenvalue weighted by Crippen LogP contribution is -2.01. The van der Waals surface area contributed by atoms with Crippen LogP contribution in [-0.2, 0) is 14.3 Å². The summed E-state index contributed by atoms with van der Waals surface area (Å²) in [5.74, 6) is -0.363. The van der Waals surface area contributed by atoms with Crippen LogP contribution in [0, 0.1) is 20.2 Å². The molecular weight excluding hydrogens is 512 g/mol. The summed E-state index contributed by atoms with van der Waals surface area (Å²) >= 11 is 0. The second-order valence-electron chi connectivity index (χ2n) is 7.71. The van der Waals surface area contributed by atoms with Gasteiger partial charge in [0.05, 0.1) is 23.0 Å². The van der Waals surface area contributed by atoms with Crippen molar-refractivity contribution >= 4 is 35.5 Å². The SMILES string of the molecule is COc1cc(/C=C/COC(=O)/C=C/c2ccc(OC(C)=O)cc2)ccc1Oc1ccc([N+](=O)[O-])cc1[N+](=O)[O-]. The molecule has 200 valence electrons. The molecule has 0 fully saturated rings. The lowest BCUT2D eigenvalue weighted by Gasteiger charge is -2.11. The van der Waals surface area contributed by atoms with Crippen LogP contribution in [-0.4, -0.2) is 35.5 Å². The number of esters is 2. The van der Waals surface area contributed by atoms with Gasteiger partial charge in [-0.2, -0.15) is 0 Å². The highest BCUT2D eigenvalue weighted by molar-refractivity contribution is 5.87. The van der Waals surface area contributed by atoms with E-state index >= 15 is 0 Å². The van der Waals surface area contributed by atoms with Gasteiger partial charge in [-0.05, 0) is 53.6 Å². The molecule has 0 spiro atoms. The van der Waals surface area contributed by atoms with E-state index in [0.717, 1.165) is 18.2 Å². The zero-order chi connectivity index (χ0) is 28.4. The Morgan fingerprint density at radius 2 is 1.54 bits per heavy atom. The third-order valence-electron chi connectivity index (χ3n) is 4.94. The minimum atomic E-state index is -0.774. The van der Waals surface area contributed by atoms with E-state index in [0.29, 0.717) is 16.9 Å². The molecule has 12 nitrogen and oxygen atoms in total. The zero-order valence-electron chi connectivity index (χ0n) is 20.8. The van der Waals surface area contributed by atoms with E-state index in [9.17, 15) is 29.8 Å². The van der Waals surface area contributed by atoms with Crippen LogP contribution in [0.5, 0.6) is 23.0 Å². The maximum absolute atomic E-state index is 12.0. The number of hydrogen-bond acceptors (Lipinski definition) is 10. The van der Waals surface area contributed by atoms with E-state index in [1.807, 2.05) is 0 Å². The Balaban J connectivity index is 1.59. The number of methoxy groups -OCH3 is 1. The number of hydrogen-bond donors (Lipinski definition) is 0. The maximum atomic E-state index is 12.0. The van der Waals surface area contributed by atoms with E-state index in [1.54, 1.807) is 54.6 Å². The molecule has 0 bridgehead atoms. The number of carbonyl (C=O) groups excluding carboxylic acids is 2. The quantitative estimate of drug-likeness (QED) is 0.101. The van der Waals surface area contributed by atoms with Gasteiger partial charge in [0, 0.05) is 19.1 Å². The van der Waals surface area contributed by atoms with Gasteiger partial charge >= 0.3 is 17.6 Å². The van der Waals surface area contributed by atoms with Crippen molar-refractivity contribution in [2.45, 2.75) is 6.92 Å². The van der Waals surface area contributed by atoms with Gasteiger partial charge in [0.25, 0.3) is 5.69 Å². The van der Waals surface area contributed by atoms with Crippen molar-refractivity contribution in [2.75, 3.05) is 13.7 Å². The third kappa shape index (κ3) is 8.25. The molecule has 0 atom stereocenters. The molecule has 0 aliphatic carbocycles. The topological polar surface area (TPSA) is 157 Å². The Bertz CT molecular complexity index is 1450. The van der Waals surface area contributed by atoms with E-state index in [4.69, 9.17) is 18.9 Å². The number of nitrogens with zero attached hydrogens (tertiary/aromatic N) is 2. The van der Waals surface area contributed by atoms with Crippen molar-refractivity contribution in [1.82, 2.24) is 0 Å². The molecule has 12 heteroatoms. The average molecular weight is 534 g/mol. The molecule has 0 saturated carbocycles. The molecule has 3 rings (SSSR count). The number of nitro benzene ring substituents is 2. The Morgan fingerprint density at radius 3 is 2.18 bits per heavy atom. The Hall–Kier alpha value is -5.52. The molecule has 0 unspecified atom stereocenters. The molecular formula is C27H22N2O10. The molecule has 3 aromatic carbocycles. The van der Waals surface area contributed by atoms with Gasteiger partial charge in [-0.3, -0.25) is 25.0 Å². The van der Waals surface area contributed by atoms with E-state index in [2.05, 4.69) is 0 Å². The van der Waals surface area contributed by atoms with E-state index in [1.165, 1.54) is 26.2 Å². The van der Waals surface area contributed by atoms with Crippen molar-refractivity contribution in [3.63, 3.8) is 0 Å². The lowest BCUT2D eigenvalue weighted by molar-refractivity contribution is -0.394. The highest BCUT2D eigenvalue weighted by Gasteiger charge is 2.22. The van der Waals surface area contributed by atoms with Crippen LogP contribution < -0.4 is 14.2 Å². The zero-order valence-corrected chi connectivity index (χ0v) is 20.8. The summed E-state index contributed by atoms with van der Waals surface area (Å²) in [4.78, 5) is 43.7. The van der Waals surface area contributed by atoms with Gasteiger partial charge in [-0.1, -0.05) is 24.3 Å². The first kappa shape index (κ1) is 28.1. The molecule has 0 aliphatic heterocycles. The fraction of sp³-hybridized carbons (Fsp3) is 0.111. The van der Waals surface area contributed by atoms with Crippen LogP contribution in [0.15, 0.2) is 72.8 Å². The second-order valence-corrected chi connectivity index (χ2v) is 7.71. The molecule has 0 N–H and O–H groups in total. The molecule has 3 aromatic rings. The van der Waals surface area contributed by atoms with Crippen LogP contribution in [0.1, 0.15) is 18.1 Å². The van der Waals surface area contributed by atoms with Gasteiger partial charge in [0.2, 0.25) is 5.75 Å². The number of ether oxygens (including phenoxy) is 4. The van der Waals surface area contributed by atoms with Crippen LogP contribution >= 0.6 is 0 Å². The van der Waals surface area contributed by atoms with Crippen LogP contribution in [0.4, 0.5) is 11.4 Å². The first-order chi connectivity index (χ1) is 18.7. The van der Waals surface area contributed by atoms with Crippen LogP contribution in [0.25, 0.3) is 12.2 Å². The average Bonchev–Trinajstić information content (AvgIpc) is 2.91. The number of benzene rings is 3. The third-order valence-corrected chi connectivity index (χ3v) is 4.94. The Morgan fingerprint density at radius 1 is 0.846 bits per heavy atom. The Labute approximate surface area is 222 Å². The fourth-order valence-corrected chi connectivity index (χ4v) is 3.18. The van der Waals surface area contributed by atoms with Gasteiger partial charge < -0.3 is 18.9 Å². The number of non-ortho nitro benzene ring substituents is 1. The predicted octanol–water partition coefficient (Wildman–Crippen LogP) is 5.50. The second kappa shape index (κ2) is 13.1. The molecule has 39 heavy (non-hydrogen) atoms. The summed E-state index contributed by atoms with van der Waals surface area (Å²) in [7, 11) is 1.39. The van der Waals surface area contributed by atoms with Gasteiger partial charge in [0.1, 0.15) is 12.4 Å². The van der Waals surface area contributed by atoms with Crippen molar-refractivity contribution in [2.24, 2.45) is 0 Å². The van der Waals surface area contributed by atoms with Gasteiger partial charge in [0.15, 0.2) is 11.5 Å². The van der Waals surface area contributed by atoms with E-state index in [-0.39, 0.29) is 23.9 Å². The number of nitro groups is 2. The summed E-state index contributed by atoms with van der Waals surface area (Å²) in [6, 6.07) is 14.4. The van der Waals surface area contributed by atoms with Gasteiger partial charge in [-0.15, -0.1) is 0 Å². The van der Waals surface area contributed by atoms with Crippen molar-refractivity contribution in [3.05, 3.63) is 104 Å². The van der Waals surface area contributed by atoms with Crippen molar-refractivity contribution in [1.29, 1.82) is 0 Å². The summed E-state index contributed by atoms with van der Waals surface area (Å²) in [5.41, 5.74) is 0.376. The fourth-order valence-electron chi connectivity index (χ4n) is 3.18. The normalized spacial score (nSPS) is 10.8. The highest BCUT2D eigenvalue weighted by Crippen LogP contribution is 2.38. The molecule has 0 aromatic heterocycles. The summed E-state index contributed by atoms with van der Waals surface area (Å²) in [5, 5.41) is 22.3.